The molecular weight excluding hydrogens is 365 g/mol. The molecule has 1 fully saturated rings. The molecule has 1 amide bonds. The van der Waals surface area contributed by atoms with Crippen molar-refractivity contribution in [1.29, 1.82) is 0 Å². The zero-order valence-electron chi connectivity index (χ0n) is 11.7. The average molecular weight is 381 g/mol. The molecule has 120 valence electrons. The fraction of sp³-hybridized carbons (Fsp3) is 0.429. The summed E-state index contributed by atoms with van der Waals surface area (Å²) >= 11 is 21.4. The predicted octanol–water partition coefficient (Wildman–Crippen LogP) is 3.47. The molecule has 1 aromatic rings. The maximum atomic E-state index is 11.5. The first-order valence-corrected chi connectivity index (χ1v) is 8.39. The first-order chi connectivity index (χ1) is 10.3. The van der Waals surface area contributed by atoms with E-state index in [0.29, 0.717) is 0 Å². The number of rotatable bonds is 3. The van der Waals surface area contributed by atoms with Crippen LogP contribution in [0, 0.1) is 0 Å². The minimum Gasteiger partial charge on any atom is -0.332 e. The van der Waals surface area contributed by atoms with Crippen LogP contribution in [0.5, 0.6) is 0 Å². The average Bonchev–Trinajstić information content (AvgIpc) is 2.92. The maximum absolute atomic E-state index is 11.5. The summed E-state index contributed by atoms with van der Waals surface area (Å²) in [5, 5.41) is 5.28. The summed E-state index contributed by atoms with van der Waals surface area (Å²) in [7, 11) is 0. The van der Waals surface area contributed by atoms with Crippen molar-refractivity contribution in [2.24, 2.45) is 0 Å². The Bertz CT molecular complexity index is 539. The number of carbonyl (C=O) groups excluding carboxylic acids is 1. The molecule has 8 heteroatoms. The van der Waals surface area contributed by atoms with Crippen LogP contribution in [0.2, 0.25) is 0 Å². The third-order valence-electron chi connectivity index (χ3n) is 3.30. The smallest absolute Gasteiger partial charge is 0.278 e. The lowest BCUT2D eigenvalue weighted by molar-refractivity contribution is -0.118. The van der Waals surface area contributed by atoms with Gasteiger partial charge in [-0.25, -0.2) is 0 Å². The Morgan fingerprint density at radius 2 is 1.77 bits per heavy atom. The molecule has 1 aromatic carbocycles. The highest BCUT2D eigenvalue weighted by molar-refractivity contribution is 7.80. The molecule has 0 bridgehead atoms. The van der Waals surface area contributed by atoms with Gasteiger partial charge >= 0.3 is 0 Å². The molecule has 1 saturated heterocycles. The number of hydrogen-bond acceptors (Lipinski definition) is 3. The van der Waals surface area contributed by atoms with E-state index in [2.05, 4.69) is 15.5 Å². The van der Waals surface area contributed by atoms with E-state index in [9.17, 15) is 4.79 Å². The molecule has 2 rings (SSSR count). The van der Waals surface area contributed by atoms with Crippen LogP contribution in [0.1, 0.15) is 18.4 Å². The van der Waals surface area contributed by atoms with E-state index in [1.165, 1.54) is 18.4 Å². The number of likely N-dealkylation sites (tertiary alicyclic amines) is 1. The van der Waals surface area contributed by atoms with E-state index < -0.39 is 9.70 Å². The number of halogens is 3. The largest absolute Gasteiger partial charge is 0.332 e. The molecule has 0 aliphatic carbocycles. The van der Waals surface area contributed by atoms with Gasteiger partial charge in [0.15, 0.2) is 5.11 Å². The zero-order chi connectivity index (χ0) is 16.2. The number of anilines is 1. The van der Waals surface area contributed by atoms with Gasteiger partial charge in [0.2, 0.25) is 0 Å². The van der Waals surface area contributed by atoms with Crippen LogP contribution in [-0.4, -0.2) is 32.8 Å². The Kier molecular flexibility index (Phi) is 6.29. The van der Waals surface area contributed by atoms with Gasteiger partial charge in [-0.2, -0.15) is 0 Å². The molecule has 1 aliphatic heterocycles. The number of nitrogens with one attached hydrogen (secondary N) is 2. The molecule has 2 N–H and O–H groups in total. The quantitative estimate of drug-likeness (QED) is 0.622. The van der Waals surface area contributed by atoms with Crippen LogP contribution in [0.15, 0.2) is 24.3 Å². The molecule has 0 aromatic heterocycles. The summed E-state index contributed by atoms with van der Waals surface area (Å²) in [4.78, 5) is 13.9. The monoisotopic (exact) mass is 379 g/mol. The van der Waals surface area contributed by atoms with Gasteiger partial charge in [0, 0.05) is 12.2 Å². The second kappa shape index (κ2) is 7.79. The normalized spacial score (nSPS) is 15.6. The Balaban J connectivity index is 1.85. The van der Waals surface area contributed by atoms with Gasteiger partial charge in [0.25, 0.3) is 9.70 Å². The summed E-state index contributed by atoms with van der Waals surface area (Å²) in [5.74, 6) is -0.791. The van der Waals surface area contributed by atoms with Crippen molar-refractivity contribution in [1.82, 2.24) is 10.2 Å². The number of carbonyl (C=O) groups is 1. The van der Waals surface area contributed by atoms with Gasteiger partial charge in [-0.05, 0) is 55.8 Å². The molecule has 1 aliphatic rings. The summed E-state index contributed by atoms with van der Waals surface area (Å²) < 4.78 is -2.04. The molecule has 0 unspecified atom stereocenters. The van der Waals surface area contributed by atoms with E-state index in [1.54, 1.807) is 0 Å². The van der Waals surface area contributed by atoms with Crippen molar-refractivity contribution in [3.63, 3.8) is 0 Å². The van der Waals surface area contributed by atoms with Crippen LogP contribution in [0.25, 0.3) is 0 Å². The van der Waals surface area contributed by atoms with Crippen LogP contribution < -0.4 is 10.6 Å². The van der Waals surface area contributed by atoms with E-state index in [-0.39, 0.29) is 5.11 Å². The van der Waals surface area contributed by atoms with Crippen LogP contribution in [0.3, 0.4) is 0 Å². The molecule has 0 atom stereocenters. The van der Waals surface area contributed by atoms with Crippen molar-refractivity contribution < 1.29 is 4.79 Å². The number of alkyl halides is 3. The topological polar surface area (TPSA) is 44.4 Å². The van der Waals surface area contributed by atoms with Crippen molar-refractivity contribution >= 4 is 63.7 Å². The van der Waals surface area contributed by atoms with E-state index in [0.717, 1.165) is 25.3 Å². The standard InChI is InChI=1S/C14H16Cl3N3OS/c15-14(16,17)12(21)19-13(22)18-11-5-3-10(4-6-11)9-20-7-1-2-8-20/h3-6H,1-2,7-9H2,(H2,18,19,21,22). The minimum atomic E-state index is -2.04. The van der Waals surface area contributed by atoms with Crippen molar-refractivity contribution in [2.45, 2.75) is 23.2 Å². The molecule has 0 radical (unpaired) electrons. The summed E-state index contributed by atoms with van der Waals surface area (Å²) in [6.45, 7) is 3.27. The van der Waals surface area contributed by atoms with E-state index >= 15 is 0 Å². The van der Waals surface area contributed by atoms with Gasteiger partial charge in [0.1, 0.15) is 0 Å². The number of amides is 1. The molecular formula is C14H16Cl3N3OS. The first kappa shape index (κ1) is 17.8. The third-order valence-corrected chi connectivity index (χ3v) is 4.02. The van der Waals surface area contributed by atoms with Gasteiger partial charge in [-0.15, -0.1) is 0 Å². The number of benzene rings is 1. The van der Waals surface area contributed by atoms with Gasteiger partial charge in [-0.1, -0.05) is 46.9 Å². The number of nitrogens with zero attached hydrogens (tertiary/aromatic N) is 1. The number of hydrogen-bond donors (Lipinski definition) is 2. The fourth-order valence-electron chi connectivity index (χ4n) is 2.23. The Hall–Kier alpha value is -0.590. The maximum Gasteiger partial charge on any atom is 0.278 e. The SMILES string of the molecule is O=C(NC(=S)Nc1ccc(CN2CCCC2)cc1)C(Cl)(Cl)Cl. The molecule has 22 heavy (non-hydrogen) atoms. The lowest BCUT2D eigenvalue weighted by Gasteiger charge is -2.16. The Morgan fingerprint density at radius 1 is 1.18 bits per heavy atom. The zero-order valence-corrected chi connectivity index (χ0v) is 14.8. The van der Waals surface area contributed by atoms with Crippen molar-refractivity contribution in [3.8, 4) is 0 Å². The molecule has 0 spiro atoms. The van der Waals surface area contributed by atoms with Crippen molar-refractivity contribution in [3.05, 3.63) is 29.8 Å². The summed E-state index contributed by atoms with van der Waals surface area (Å²) in [6.07, 6.45) is 2.55. The van der Waals surface area contributed by atoms with Gasteiger partial charge in [0.05, 0.1) is 0 Å². The Morgan fingerprint density at radius 3 is 2.32 bits per heavy atom. The number of thiocarbonyl (C=S) groups is 1. The highest BCUT2D eigenvalue weighted by Crippen LogP contribution is 2.25. The fourth-order valence-corrected chi connectivity index (χ4v) is 2.58. The molecule has 0 saturated carbocycles. The predicted molar refractivity (Wildman–Crippen MR) is 95.6 cm³/mol. The highest BCUT2D eigenvalue weighted by atomic mass is 35.6. The van der Waals surface area contributed by atoms with Gasteiger partial charge in [-0.3, -0.25) is 15.0 Å². The third kappa shape index (κ3) is 5.56. The van der Waals surface area contributed by atoms with Gasteiger partial charge < -0.3 is 5.32 Å². The summed E-state index contributed by atoms with van der Waals surface area (Å²) in [5.41, 5.74) is 2.00. The van der Waals surface area contributed by atoms with Crippen LogP contribution in [-0.2, 0) is 11.3 Å². The lowest BCUT2D eigenvalue weighted by Crippen LogP contribution is -2.41. The Labute approximate surface area is 150 Å². The van der Waals surface area contributed by atoms with E-state index in [1.807, 2.05) is 24.3 Å². The van der Waals surface area contributed by atoms with Crippen molar-refractivity contribution in [2.75, 3.05) is 18.4 Å². The lowest BCUT2D eigenvalue weighted by atomic mass is 10.2. The van der Waals surface area contributed by atoms with Crippen LogP contribution >= 0.6 is 47.0 Å². The minimum absolute atomic E-state index is 0.0867. The van der Waals surface area contributed by atoms with E-state index in [4.69, 9.17) is 47.0 Å². The highest BCUT2D eigenvalue weighted by Gasteiger charge is 2.31. The first-order valence-electron chi connectivity index (χ1n) is 6.85. The summed E-state index contributed by atoms with van der Waals surface area (Å²) in [6, 6.07) is 7.86. The molecule has 1 heterocycles. The van der Waals surface area contributed by atoms with Crippen LogP contribution in [0.4, 0.5) is 5.69 Å². The molecule has 4 nitrogen and oxygen atoms in total. The second-order valence-electron chi connectivity index (χ2n) is 5.09. The second-order valence-corrected chi connectivity index (χ2v) is 7.78.